The van der Waals surface area contributed by atoms with Crippen molar-refractivity contribution in [1.82, 2.24) is 0 Å². The van der Waals surface area contributed by atoms with E-state index in [0.717, 1.165) is 25.5 Å². The maximum Gasteiger partial charge on any atom is 0.306 e. The largest absolute Gasteiger partial charge is 0.756 e. The number of nitrogens with zero attached hydrogens (tertiary/aromatic N) is 1. The molecule has 0 aromatic rings. The van der Waals surface area contributed by atoms with Crippen LogP contribution in [0.15, 0.2) is 12.3 Å². The SMILES string of the molecule is CCCCCCCCCCCCCCCCCC(=O)OC[C@H](COP(=O)([O-])OCC[N+](C)(C)C)OC(=O)CCCC/C=C/O. The Bertz CT molecular complexity index is 786. The number of unbranched alkanes of at least 4 members (excludes halogenated alkanes) is 16. The average molecular weight is 650 g/mol. The minimum absolute atomic E-state index is 0.0503. The molecule has 0 heterocycles. The molecule has 1 unspecified atom stereocenters. The van der Waals surface area contributed by atoms with Gasteiger partial charge in [0.2, 0.25) is 0 Å². The summed E-state index contributed by atoms with van der Waals surface area (Å²) in [4.78, 5) is 36.8. The molecule has 0 aliphatic heterocycles. The van der Waals surface area contributed by atoms with E-state index in [-0.39, 0.29) is 26.1 Å². The van der Waals surface area contributed by atoms with Crippen molar-refractivity contribution in [2.45, 2.75) is 141 Å². The van der Waals surface area contributed by atoms with Crippen molar-refractivity contribution in [3.05, 3.63) is 12.3 Å². The van der Waals surface area contributed by atoms with Crippen molar-refractivity contribution >= 4 is 19.8 Å². The molecule has 0 aliphatic carbocycles. The standard InChI is InChI=1S/C33H64NO9P/c1-5-6-7-8-9-10-11-12-13-14-15-16-17-18-21-24-32(36)40-29-31(43-33(37)25-22-19-20-23-27-35)30-42-44(38,39)41-28-26-34(2,3)4/h23,27,31H,5-22,24-26,28-30H2,1-4H3,(H-,35,38,39)/b27-23+/t31-/m1/s1. The van der Waals surface area contributed by atoms with E-state index in [9.17, 15) is 19.0 Å². The zero-order valence-electron chi connectivity index (χ0n) is 28.3. The maximum absolute atomic E-state index is 12.3. The molecule has 0 radical (unpaired) electrons. The summed E-state index contributed by atoms with van der Waals surface area (Å²) in [6, 6.07) is 0. The molecule has 0 spiro atoms. The van der Waals surface area contributed by atoms with Gasteiger partial charge in [0.05, 0.1) is 34.0 Å². The van der Waals surface area contributed by atoms with Crippen LogP contribution < -0.4 is 4.89 Å². The van der Waals surface area contributed by atoms with Gasteiger partial charge >= 0.3 is 11.9 Å². The summed E-state index contributed by atoms with van der Waals surface area (Å²) in [6.07, 6.45) is 22.3. The molecule has 0 amide bonds. The minimum atomic E-state index is -4.63. The molecule has 1 N–H and O–H groups in total. The molecule has 10 nitrogen and oxygen atoms in total. The number of carbonyl (C=O) groups excluding carboxylic acids is 2. The Hall–Kier alpha value is -1.45. The van der Waals surface area contributed by atoms with Crippen LogP contribution in [0, 0.1) is 0 Å². The van der Waals surface area contributed by atoms with Gasteiger partial charge in [-0.3, -0.25) is 14.2 Å². The van der Waals surface area contributed by atoms with Crippen LogP contribution in [-0.4, -0.2) is 75.1 Å². The quantitative estimate of drug-likeness (QED) is 0.0266. The van der Waals surface area contributed by atoms with Gasteiger partial charge < -0.3 is 33.0 Å². The zero-order chi connectivity index (χ0) is 32.9. The number of hydrogen-bond acceptors (Lipinski definition) is 9. The van der Waals surface area contributed by atoms with Crippen LogP contribution in [0.3, 0.4) is 0 Å². The first-order valence-electron chi connectivity index (χ1n) is 17.0. The van der Waals surface area contributed by atoms with Crippen LogP contribution in [0.25, 0.3) is 0 Å². The van der Waals surface area contributed by atoms with E-state index in [1.54, 1.807) is 6.08 Å². The highest BCUT2D eigenvalue weighted by Gasteiger charge is 2.21. The normalized spacial score (nSPS) is 14.0. The number of hydrogen-bond donors (Lipinski definition) is 1. The number of esters is 2. The van der Waals surface area contributed by atoms with E-state index < -0.39 is 32.5 Å². The van der Waals surface area contributed by atoms with Gasteiger partial charge in [-0.05, 0) is 25.7 Å². The highest BCUT2D eigenvalue weighted by atomic mass is 31.2. The molecule has 0 aromatic carbocycles. The maximum atomic E-state index is 12.3. The van der Waals surface area contributed by atoms with Gasteiger partial charge in [-0.2, -0.15) is 0 Å². The van der Waals surface area contributed by atoms with E-state index in [1.165, 1.54) is 77.0 Å². The highest BCUT2D eigenvalue weighted by Crippen LogP contribution is 2.38. The van der Waals surface area contributed by atoms with E-state index in [4.69, 9.17) is 23.6 Å². The molecule has 11 heteroatoms. The van der Waals surface area contributed by atoms with Crippen molar-refractivity contribution in [1.29, 1.82) is 0 Å². The molecule has 0 aromatic heterocycles. The lowest BCUT2D eigenvalue weighted by molar-refractivity contribution is -0.870. The van der Waals surface area contributed by atoms with Crippen molar-refractivity contribution in [2.75, 3.05) is 47.5 Å². The molecule has 0 saturated carbocycles. The summed E-state index contributed by atoms with van der Waals surface area (Å²) in [6.45, 7) is 1.86. The lowest BCUT2D eigenvalue weighted by atomic mass is 10.0. The molecular formula is C33H64NO9P. The Morgan fingerprint density at radius 3 is 1.77 bits per heavy atom. The smallest absolute Gasteiger partial charge is 0.306 e. The Balaban J connectivity index is 4.28. The van der Waals surface area contributed by atoms with E-state index in [2.05, 4.69) is 6.92 Å². The first-order valence-corrected chi connectivity index (χ1v) is 18.5. The number of rotatable bonds is 31. The first-order chi connectivity index (χ1) is 21.0. The fourth-order valence-corrected chi connectivity index (χ4v) is 5.23. The number of phosphoric acid groups is 1. The average Bonchev–Trinajstić information content (AvgIpc) is 2.95. The lowest BCUT2D eigenvalue weighted by Gasteiger charge is -2.28. The summed E-state index contributed by atoms with van der Waals surface area (Å²) in [5, 5.41) is 8.69. The van der Waals surface area contributed by atoms with Gasteiger partial charge in [-0.25, -0.2) is 0 Å². The van der Waals surface area contributed by atoms with Crippen LogP contribution in [0.2, 0.25) is 0 Å². The van der Waals surface area contributed by atoms with Gasteiger partial charge in [-0.1, -0.05) is 103 Å². The van der Waals surface area contributed by atoms with Crippen LogP contribution in [-0.2, 0) is 32.7 Å². The van der Waals surface area contributed by atoms with Crippen molar-refractivity contribution in [2.24, 2.45) is 0 Å². The van der Waals surface area contributed by atoms with Crippen LogP contribution in [0.1, 0.15) is 135 Å². The lowest BCUT2D eigenvalue weighted by Crippen LogP contribution is -2.37. The summed E-state index contributed by atoms with van der Waals surface area (Å²) in [5.74, 6) is -0.960. The number of aliphatic hydroxyl groups is 1. The Kier molecular flexibility index (Phi) is 26.9. The summed E-state index contributed by atoms with van der Waals surface area (Å²) >= 11 is 0. The molecule has 0 aliphatic rings. The van der Waals surface area contributed by atoms with Crippen molar-refractivity contribution in [3.63, 3.8) is 0 Å². The molecule has 44 heavy (non-hydrogen) atoms. The summed E-state index contributed by atoms with van der Waals surface area (Å²) < 4.78 is 33.2. The summed E-state index contributed by atoms with van der Waals surface area (Å²) in [7, 11) is 1.09. The second-order valence-corrected chi connectivity index (χ2v) is 14.1. The number of carbonyl (C=O) groups is 2. The number of ether oxygens (including phenoxy) is 2. The first kappa shape index (κ1) is 42.6. The molecule has 0 bridgehead atoms. The highest BCUT2D eigenvalue weighted by molar-refractivity contribution is 7.45. The number of likely N-dealkylation sites (N-methyl/N-ethyl adjacent to an activating group) is 1. The van der Waals surface area contributed by atoms with Crippen LogP contribution >= 0.6 is 7.82 Å². The van der Waals surface area contributed by atoms with Crippen LogP contribution in [0.4, 0.5) is 0 Å². The Labute approximate surface area is 268 Å². The second-order valence-electron chi connectivity index (χ2n) is 12.7. The third-order valence-corrected chi connectivity index (χ3v) is 8.21. The van der Waals surface area contributed by atoms with Gasteiger partial charge in [0.15, 0.2) is 6.10 Å². The second kappa shape index (κ2) is 27.8. The molecule has 0 saturated heterocycles. The van der Waals surface area contributed by atoms with E-state index in [0.29, 0.717) is 30.3 Å². The van der Waals surface area contributed by atoms with Gasteiger partial charge in [0.25, 0.3) is 7.82 Å². The van der Waals surface area contributed by atoms with E-state index in [1.807, 2.05) is 21.1 Å². The molecule has 0 fully saturated rings. The van der Waals surface area contributed by atoms with Crippen LogP contribution in [0.5, 0.6) is 0 Å². The Morgan fingerprint density at radius 1 is 0.750 bits per heavy atom. The number of quaternary nitrogens is 1. The topological polar surface area (TPSA) is 131 Å². The van der Waals surface area contributed by atoms with E-state index >= 15 is 0 Å². The molecule has 260 valence electrons. The molecule has 0 rings (SSSR count). The number of phosphoric ester groups is 1. The summed E-state index contributed by atoms with van der Waals surface area (Å²) in [5.41, 5.74) is 0. The third-order valence-electron chi connectivity index (χ3n) is 7.25. The molecular weight excluding hydrogens is 585 g/mol. The van der Waals surface area contributed by atoms with Gasteiger partial charge in [0.1, 0.15) is 19.8 Å². The number of aliphatic hydroxyl groups excluding tert-OH is 1. The molecule has 2 atom stereocenters. The van der Waals surface area contributed by atoms with Crippen molar-refractivity contribution in [3.8, 4) is 0 Å². The monoisotopic (exact) mass is 649 g/mol. The predicted molar refractivity (Wildman–Crippen MR) is 173 cm³/mol. The van der Waals surface area contributed by atoms with Gasteiger partial charge in [0, 0.05) is 12.8 Å². The van der Waals surface area contributed by atoms with Gasteiger partial charge in [-0.15, -0.1) is 0 Å². The minimum Gasteiger partial charge on any atom is -0.756 e. The number of allylic oxidation sites excluding steroid dienone is 1. The predicted octanol–water partition coefficient (Wildman–Crippen LogP) is 7.54. The fraction of sp³-hybridized carbons (Fsp3) is 0.879. The fourth-order valence-electron chi connectivity index (χ4n) is 4.50. The Morgan fingerprint density at radius 2 is 1.25 bits per heavy atom. The third kappa shape index (κ3) is 30.6. The zero-order valence-corrected chi connectivity index (χ0v) is 29.2. The van der Waals surface area contributed by atoms with Crippen molar-refractivity contribution < 1.29 is 47.2 Å².